The minimum Gasteiger partial charge on any atom is -0.476 e. The highest BCUT2D eigenvalue weighted by Crippen LogP contribution is 2.50. The van der Waals surface area contributed by atoms with Gasteiger partial charge in [0.15, 0.2) is 5.17 Å². The van der Waals surface area contributed by atoms with Gasteiger partial charge in [0.25, 0.3) is 5.91 Å². The number of amidine groups is 1. The van der Waals surface area contributed by atoms with E-state index in [0.717, 1.165) is 44.7 Å². The molecule has 0 aromatic heterocycles. The van der Waals surface area contributed by atoms with E-state index in [1.54, 1.807) is 16.7 Å². The van der Waals surface area contributed by atoms with Crippen LogP contribution in [0.25, 0.3) is 0 Å². The summed E-state index contributed by atoms with van der Waals surface area (Å²) < 4.78 is 5.70. The number of fused-ring (bicyclic) bond motifs is 1. The van der Waals surface area contributed by atoms with Gasteiger partial charge in [-0.1, -0.05) is 54.2 Å². The van der Waals surface area contributed by atoms with Crippen molar-refractivity contribution in [2.45, 2.75) is 18.4 Å². The second-order valence-corrected chi connectivity index (χ2v) is 10.9. The molecule has 3 aliphatic rings. The SMILES string of the molecule is CCNc1ccc(C2=NCCO2)cc1N=C1SC(=C2Sc3ccccc3N2C)C(=O)N1Cc1ccccc1. The van der Waals surface area contributed by atoms with Crippen LogP contribution in [0.4, 0.5) is 17.1 Å². The third kappa shape index (κ3) is 4.68. The zero-order chi connectivity index (χ0) is 26.1. The highest BCUT2D eigenvalue weighted by molar-refractivity contribution is 8.19. The molecular weight excluding hydrogens is 514 g/mol. The maximum atomic E-state index is 14.0. The van der Waals surface area contributed by atoms with Crippen LogP contribution in [0.5, 0.6) is 0 Å². The second kappa shape index (κ2) is 10.6. The van der Waals surface area contributed by atoms with Gasteiger partial charge in [0.2, 0.25) is 5.90 Å². The van der Waals surface area contributed by atoms with E-state index < -0.39 is 0 Å². The largest absolute Gasteiger partial charge is 0.476 e. The number of aliphatic imine (C=N–C) groups is 2. The lowest BCUT2D eigenvalue weighted by Crippen LogP contribution is -2.29. The Morgan fingerprint density at radius 2 is 1.87 bits per heavy atom. The fourth-order valence-corrected chi connectivity index (χ4v) is 6.87. The number of thioether (sulfide) groups is 2. The molecule has 7 nitrogen and oxygen atoms in total. The molecule has 0 aliphatic carbocycles. The van der Waals surface area contributed by atoms with Crippen molar-refractivity contribution < 1.29 is 9.53 Å². The maximum Gasteiger partial charge on any atom is 0.269 e. The van der Waals surface area contributed by atoms with Gasteiger partial charge in [0, 0.05) is 24.1 Å². The number of nitrogens with zero attached hydrogens (tertiary/aromatic N) is 4. The maximum absolute atomic E-state index is 14.0. The second-order valence-electron chi connectivity index (χ2n) is 8.93. The van der Waals surface area contributed by atoms with Crippen LogP contribution in [-0.4, -0.2) is 48.6 Å². The summed E-state index contributed by atoms with van der Waals surface area (Å²) in [6.07, 6.45) is 0. The smallest absolute Gasteiger partial charge is 0.269 e. The van der Waals surface area contributed by atoms with E-state index in [0.29, 0.717) is 35.7 Å². The van der Waals surface area contributed by atoms with Crippen molar-refractivity contribution in [3.8, 4) is 0 Å². The Balaban J connectivity index is 1.43. The number of carbonyl (C=O) groups is 1. The molecule has 38 heavy (non-hydrogen) atoms. The van der Waals surface area contributed by atoms with E-state index in [4.69, 9.17) is 9.73 Å². The highest BCUT2D eigenvalue weighted by atomic mass is 32.2. The van der Waals surface area contributed by atoms with Crippen LogP contribution in [0.15, 0.2) is 97.6 Å². The summed E-state index contributed by atoms with van der Waals surface area (Å²) in [7, 11) is 2.01. The van der Waals surface area contributed by atoms with Gasteiger partial charge in [-0.3, -0.25) is 9.69 Å². The lowest BCUT2D eigenvalue weighted by Gasteiger charge is -2.17. The molecule has 192 valence electrons. The first-order valence-electron chi connectivity index (χ1n) is 12.5. The number of carbonyl (C=O) groups excluding carboxylic acids is 1. The standard InChI is InChI=1S/C29H27N5O2S2/c1-3-30-21-14-13-20(26-31-15-16-36-26)17-22(21)32-29-34(18-19-9-5-4-6-10-19)27(35)25(38-29)28-33(2)23-11-7-8-12-24(23)37-28/h4-14,17,30H,3,15-16,18H2,1-2H3. The molecule has 0 bridgehead atoms. The van der Waals surface area contributed by atoms with E-state index in [1.807, 2.05) is 67.7 Å². The molecule has 0 spiro atoms. The zero-order valence-corrected chi connectivity index (χ0v) is 22.8. The Kier molecular flexibility index (Phi) is 6.86. The van der Waals surface area contributed by atoms with Gasteiger partial charge in [-0.2, -0.15) is 0 Å². The lowest BCUT2D eigenvalue weighted by molar-refractivity contribution is -0.122. The van der Waals surface area contributed by atoms with Crippen LogP contribution < -0.4 is 10.2 Å². The summed E-state index contributed by atoms with van der Waals surface area (Å²) in [6, 6.07) is 24.2. The molecule has 6 rings (SSSR count). The Hall–Kier alpha value is -3.69. The Labute approximate surface area is 230 Å². The molecule has 1 amide bonds. The molecular formula is C29H27N5O2S2. The molecule has 0 radical (unpaired) electrons. The molecule has 1 N–H and O–H groups in total. The number of anilines is 2. The van der Waals surface area contributed by atoms with E-state index in [-0.39, 0.29) is 5.91 Å². The summed E-state index contributed by atoms with van der Waals surface area (Å²) in [5, 5.41) is 4.98. The number of benzene rings is 3. The third-order valence-corrected chi connectivity index (χ3v) is 8.82. The van der Waals surface area contributed by atoms with Crippen molar-refractivity contribution in [3.05, 3.63) is 93.9 Å². The zero-order valence-electron chi connectivity index (χ0n) is 21.2. The monoisotopic (exact) mass is 541 g/mol. The predicted molar refractivity (Wildman–Crippen MR) is 157 cm³/mol. The van der Waals surface area contributed by atoms with Gasteiger partial charge in [-0.05, 0) is 54.6 Å². The molecule has 0 atom stereocenters. The lowest BCUT2D eigenvalue weighted by atomic mass is 10.1. The van der Waals surface area contributed by atoms with E-state index in [2.05, 4.69) is 34.3 Å². The van der Waals surface area contributed by atoms with Crippen LogP contribution in [0.2, 0.25) is 0 Å². The number of amides is 1. The summed E-state index contributed by atoms with van der Waals surface area (Å²) in [5.41, 5.74) is 4.68. The number of hydrogen-bond donors (Lipinski definition) is 1. The van der Waals surface area contributed by atoms with Gasteiger partial charge in [0.1, 0.15) is 11.5 Å². The summed E-state index contributed by atoms with van der Waals surface area (Å²) >= 11 is 3.06. The first kappa shape index (κ1) is 24.6. The first-order valence-corrected chi connectivity index (χ1v) is 14.2. The molecule has 3 heterocycles. The van der Waals surface area contributed by atoms with Crippen LogP contribution in [-0.2, 0) is 16.1 Å². The number of ether oxygens (including phenoxy) is 1. The number of hydrogen-bond acceptors (Lipinski definition) is 8. The average Bonchev–Trinajstić information content (AvgIpc) is 3.66. The molecule has 3 aromatic carbocycles. The van der Waals surface area contributed by atoms with E-state index >= 15 is 0 Å². The quantitative estimate of drug-likeness (QED) is 0.382. The van der Waals surface area contributed by atoms with Gasteiger partial charge < -0.3 is 15.0 Å². The molecule has 1 fully saturated rings. The van der Waals surface area contributed by atoms with Gasteiger partial charge >= 0.3 is 0 Å². The number of para-hydroxylation sites is 1. The topological polar surface area (TPSA) is 69.5 Å². The minimum absolute atomic E-state index is 0.0376. The van der Waals surface area contributed by atoms with E-state index in [1.165, 1.54) is 11.8 Å². The van der Waals surface area contributed by atoms with Gasteiger partial charge in [0.05, 0.1) is 35.2 Å². The third-order valence-electron chi connectivity index (χ3n) is 6.39. The summed E-state index contributed by atoms with van der Waals surface area (Å²) in [4.78, 5) is 29.2. The van der Waals surface area contributed by atoms with Crippen LogP contribution in [0, 0.1) is 0 Å². The van der Waals surface area contributed by atoms with E-state index in [9.17, 15) is 4.79 Å². The Morgan fingerprint density at radius 3 is 2.63 bits per heavy atom. The molecule has 1 saturated heterocycles. The Bertz CT molecular complexity index is 1490. The molecule has 0 unspecified atom stereocenters. The van der Waals surface area contributed by atoms with Gasteiger partial charge in [-0.15, -0.1) is 0 Å². The highest BCUT2D eigenvalue weighted by Gasteiger charge is 2.39. The van der Waals surface area contributed by atoms with Crippen molar-refractivity contribution in [2.75, 3.05) is 37.0 Å². The fraction of sp³-hybridized carbons (Fsp3) is 0.207. The average molecular weight is 542 g/mol. The predicted octanol–water partition coefficient (Wildman–Crippen LogP) is 6.07. The van der Waals surface area contributed by atoms with Crippen molar-refractivity contribution in [1.82, 2.24) is 4.90 Å². The molecule has 0 saturated carbocycles. The van der Waals surface area contributed by atoms with Crippen LogP contribution in [0.1, 0.15) is 18.1 Å². The van der Waals surface area contributed by atoms with Crippen molar-refractivity contribution in [3.63, 3.8) is 0 Å². The molecule has 3 aliphatic heterocycles. The molecule has 9 heteroatoms. The molecule has 3 aromatic rings. The van der Waals surface area contributed by atoms with Crippen LogP contribution >= 0.6 is 23.5 Å². The van der Waals surface area contributed by atoms with Crippen molar-refractivity contribution in [1.29, 1.82) is 0 Å². The number of rotatable bonds is 6. The Morgan fingerprint density at radius 1 is 1.05 bits per heavy atom. The van der Waals surface area contributed by atoms with Crippen molar-refractivity contribution >= 4 is 57.6 Å². The van der Waals surface area contributed by atoms with Crippen LogP contribution in [0.3, 0.4) is 0 Å². The summed E-state index contributed by atoms with van der Waals surface area (Å²) in [6.45, 7) is 4.50. The summed E-state index contributed by atoms with van der Waals surface area (Å²) in [5.74, 6) is 0.597. The number of nitrogens with one attached hydrogen (secondary N) is 1. The minimum atomic E-state index is -0.0376. The first-order chi connectivity index (χ1) is 18.6. The van der Waals surface area contributed by atoms with Gasteiger partial charge in [-0.25, -0.2) is 9.98 Å². The fourth-order valence-electron chi connectivity index (χ4n) is 4.53. The van der Waals surface area contributed by atoms with Crippen molar-refractivity contribution in [2.24, 2.45) is 9.98 Å². The normalized spacial score (nSPS) is 19.7.